The van der Waals surface area contributed by atoms with E-state index in [2.05, 4.69) is 17.6 Å². The van der Waals surface area contributed by atoms with Crippen LogP contribution in [0.25, 0.3) is 0 Å². The number of rotatable bonds is 17. The van der Waals surface area contributed by atoms with Gasteiger partial charge in [0.15, 0.2) is 17.3 Å². The molecule has 0 aromatic heterocycles. The zero-order valence-electron chi connectivity index (χ0n) is 24.2. The fourth-order valence-electron chi connectivity index (χ4n) is 4.38. The van der Waals surface area contributed by atoms with E-state index in [0.29, 0.717) is 29.0 Å². The van der Waals surface area contributed by atoms with Crippen molar-refractivity contribution in [2.75, 3.05) is 20.8 Å². The zero-order chi connectivity index (χ0) is 29.7. The van der Waals surface area contributed by atoms with Gasteiger partial charge in [0.1, 0.15) is 0 Å². The molecule has 0 radical (unpaired) electrons. The number of aryl methyl sites for hydroxylation is 1. The summed E-state index contributed by atoms with van der Waals surface area (Å²) in [6.07, 6.45) is 3.31. The number of carbonyl (C=O) groups excluding carboxylic acids is 3. The summed E-state index contributed by atoms with van der Waals surface area (Å²) in [5.74, 6) is -1.77. The van der Waals surface area contributed by atoms with Gasteiger partial charge in [0.2, 0.25) is 11.8 Å². The highest BCUT2D eigenvalue weighted by Gasteiger charge is 2.30. The predicted octanol–water partition coefficient (Wildman–Crippen LogP) is 3.14. The molecule has 0 aliphatic rings. The van der Waals surface area contributed by atoms with E-state index in [4.69, 9.17) is 9.47 Å². The van der Waals surface area contributed by atoms with Crippen molar-refractivity contribution in [3.63, 3.8) is 0 Å². The monoisotopic (exact) mass is 554 g/mol. The summed E-state index contributed by atoms with van der Waals surface area (Å²) in [5.41, 5.74) is 2.31. The molecule has 0 unspecified atom stereocenters. The normalized spacial score (nSPS) is 12.4. The number of carbonyl (C=O) groups is 3. The maximum Gasteiger partial charge on any atom is 0.475 e. The molecule has 0 saturated heterocycles. The van der Waals surface area contributed by atoms with Crippen molar-refractivity contribution in [3.8, 4) is 11.5 Å². The van der Waals surface area contributed by atoms with Gasteiger partial charge in [-0.25, -0.2) is 0 Å². The number of nitrogens with one attached hydrogen (secondary N) is 2. The maximum atomic E-state index is 13.2. The number of methoxy groups -OCH3 is 2. The Morgan fingerprint density at radius 1 is 0.950 bits per heavy atom. The first kappa shape index (κ1) is 32.8. The first-order chi connectivity index (χ1) is 19.1. The Hall–Kier alpha value is -3.37. The summed E-state index contributed by atoms with van der Waals surface area (Å²) in [6.45, 7) is 5.84. The van der Waals surface area contributed by atoms with E-state index >= 15 is 0 Å². The number of Topliss-reactive ketones (excluding diaryl/α,β-unsaturated/α-hetero) is 1. The molecule has 0 spiro atoms. The van der Waals surface area contributed by atoms with Gasteiger partial charge >= 0.3 is 7.12 Å². The number of benzene rings is 2. The van der Waals surface area contributed by atoms with Crippen molar-refractivity contribution < 1.29 is 33.9 Å². The quantitative estimate of drug-likeness (QED) is 0.174. The van der Waals surface area contributed by atoms with Crippen LogP contribution in [0, 0.1) is 11.8 Å². The van der Waals surface area contributed by atoms with E-state index in [1.165, 1.54) is 14.2 Å². The highest BCUT2D eigenvalue weighted by molar-refractivity contribution is 6.43. The van der Waals surface area contributed by atoms with Gasteiger partial charge in [-0.3, -0.25) is 14.4 Å². The summed E-state index contributed by atoms with van der Waals surface area (Å²) in [7, 11) is 1.29. The molecule has 0 aliphatic heterocycles. The lowest BCUT2D eigenvalue weighted by Crippen LogP contribution is -2.51. The van der Waals surface area contributed by atoms with E-state index in [1.54, 1.807) is 30.3 Å². The van der Waals surface area contributed by atoms with Crippen LogP contribution in [0.15, 0.2) is 42.5 Å². The van der Waals surface area contributed by atoms with Gasteiger partial charge in [0.25, 0.3) is 0 Å². The van der Waals surface area contributed by atoms with Crippen LogP contribution in [-0.2, 0) is 22.4 Å². The Morgan fingerprint density at radius 3 is 2.17 bits per heavy atom. The molecule has 9 nitrogen and oxygen atoms in total. The summed E-state index contributed by atoms with van der Waals surface area (Å²) in [6, 6.07) is 12.5. The molecule has 2 amide bonds. The second kappa shape index (κ2) is 16.7. The van der Waals surface area contributed by atoms with Crippen LogP contribution in [-0.4, -0.2) is 61.5 Å². The van der Waals surface area contributed by atoms with Crippen LogP contribution in [0.2, 0.25) is 0 Å². The molecule has 2 rings (SSSR count). The average molecular weight is 554 g/mol. The number of unbranched alkanes of at least 4 members (excludes halogenated alkanes) is 1. The largest absolute Gasteiger partial charge is 0.493 e. The van der Waals surface area contributed by atoms with Gasteiger partial charge < -0.3 is 30.2 Å². The molecule has 40 heavy (non-hydrogen) atoms. The number of ketones is 1. The van der Waals surface area contributed by atoms with Crippen molar-refractivity contribution in [2.24, 2.45) is 11.8 Å². The maximum absolute atomic E-state index is 13.2. The molecular formula is C30H43BN2O7. The lowest BCUT2D eigenvalue weighted by Gasteiger charge is -2.23. The fourth-order valence-corrected chi connectivity index (χ4v) is 4.38. The van der Waals surface area contributed by atoms with Crippen molar-refractivity contribution >= 4 is 24.7 Å². The lowest BCUT2D eigenvalue weighted by molar-refractivity contribution is -0.126. The third kappa shape index (κ3) is 10.7. The lowest BCUT2D eigenvalue weighted by atomic mass is 9.74. The standard InChI is InChI=1S/C30H43BN2O7/c1-6-7-8-21-9-12-23(13-10-21)25(34)18-24(30(36)33-28(31(37)38)15-20(2)3)19-32-29(35)17-22-11-14-26(39-4)27(16-22)40-5/h9-14,16,20,24,28,37-38H,6-8,15,17-19H2,1-5H3,(H,32,35)(H,33,36)/t24-,28-/m0/s1. The molecule has 10 heteroatoms. The first-order valence-corrected chi connectivity index (χ1v) is 13.8. The van der Waals surface area contributed by atoms with E-state index in [1.807, 2.05) is 26.0 Å². The molecule has 2 aromatic rings. The Bertz CT molecular complexity index is 1110. The number of hydrogen-bond donors (Lipinski definition) is 4. The van der Waals surface area contributed by atoms with Crippen LogP contribution in [0.1, 0.15) is 67.9 Å². The topological polar surface area (TPSA) is 134 Å². The third-order valence-corrected chi connectivity index (χ3v) is 6.67. The van der Waals surface area contributed by atoms with Crippen LogP contribution < -0.4 is 20.1 Å². The highest BCUT2D eigenvalue weighted by Crippen LogP contribution is 2.27. The van der Waals surface area contributed by atoms with Gasteiger partial charge in [-0.2, -0.15) is 0 Å². The van der Waals surface area contributed by atoms with Crippen LogP contribution in [0.3, 0.4) is 0 Å². The predicted molar refractivity (Wildman–Crippen MR) is 155 cm³/mol. The van der Waals surface area contributed by atoms with Gasteiger partial charge in [-0.15, -0.1) is 0 Å². The number of hydrogen-bond acceptors (Lipinski definition) is 7. The SMILES string of the molecule is CCCCc1ccc(C(=O)C[C@@H](CNC(=O)Cc2ccc(OC)c(OC)c2)C(=O)N[C@@H](CC(C)C)B(O)O)cc1. The van der Waals surface area contributed by atoms with Crippen molar-refractivity contribution in [1.29, 1.82) is 0 Å². The summed E-state index contributed by atoms with van der Waals surface area (Å²) in [4.78, 5) is 39.1. The minimum atomic E-state index is -1.75. The highest BCUT2D eigenvalue weighted by atomic mass is 16.5. The molecule has 0 heterocycles. The van der Waals surface area contributed by atoms with Gasteiger partial charge in [0, 0.05) is 18.5 Å². The molecule has 0 fully saturated rings. The van der Waals surface area contributed by atoms with E-state index in [9.17, 15) is 24.4 Å². The minimum absolute atomic E-state index is 0.0349. The van der Waals surface area contributed by atoms with E-state index < -0.39 is 24.9 Å². The van der Waals surface area contributed by atoms with Gasteiger partial charge in [0.05, 0.1) is 32.5 Å². The van der Waals surface area contributed by atoms with E-state index in [0.717, 1.165) is 24.8 Å². The zero-order valence-corrected chi connectivity index (χ0v) is 24.2. The molecule has 4 N–H and O–H groups in total. The minimum Gasteiger partial charge on any atom is -0.493 e. The number of amides is 2. The molecule has 218 valence electrons. The first-order valence-electron chi connectivity index (χ1n) is 13.8. The second-order valence-electron chi connectivity index (χ2n) is 10.5. The molecule has 2 atom stereocenters. The fraction of sp³-hybridized carbons (Fsp3) is 0.500. The Labute approximate surface area is 237 Å². The van der Waals surface area contributed by atoms with E-state index in [-0.39, 0.29) is 37.0 Å². The van der Waals surface area contributed by atoms with Crippen molar-refractivity contribution in [2.45, 2.75) is 65.2 Å². The Kier molecular flexibility index (Phi) is 13.7. The van der Waals surface area contributed by atoms with Gasteiger partial charge in [-0.1, -0.05) is 57.5 Å². The van der Waals surface area contributed by atoms with Crippen LogP contribution in [0.5, 0.6) is 11.5 Å². The second-order valence-corrected chi connectivity index (χ2v) is 10.5. The van der Waals surface area contributed by atoms with Gasteiger partial charge in [-0.05, 0) is 48.4 Å². The molecule has 2 aromatic carbocycles. The molecule has 0 saturated carbocycles. The summed E-state index contributed by atoms with van der Waals surface area (Å²) >= 11 is 0. The molecular weight excluding hydrogens is 511 g/mol. The van der Waals surface area contributed by atoms with Crippen LogP contribution in [0.4, 0.5) is 0 Å². The van der Waals surface area contributed by atoms with Crippen molar-refractivity contribution in [3.05, 3.63) is 59.2 Å². The average Bonchev–Trinajstić information content (AvgIpc) is 2.93. The number of ether oxygens (including phenoxy) is 2. The molecule has 0 bridgehead atoms. The third-order valence-electron chi connectivity index (χ3n) is 6.67. The Balaban J connectivity index is 2.14. The Morgan fingerprint density at radius 2 is 1.60 bits per heavy atom. The smallest absolute Gasteiger partial charge is 0.475 e. The molecule has 0 aliphatic carbocycles. The summed E-state index contributed by atoms with van der Waals surface area (Å²) in [5, 5.41) is 25.0. The summed E-state index contributed by atoms with van der Waals surface area (Å²) < 4.78 is 10.5. The van der Waals surface area contributed by atoms with Crippen LogP contribution >= 0.6 is 0 Å². The van der Waals surface area contributed by atoms with Crippen molar-refractivity contribution in [1.82, 2.24) is 10.6 Å².